The summed E-state index contributed by atoms with van der Waals surface area (Å²) in [4.78, 5) is 5.03. The molecule has 39 heavy (non-hydrogen) atoms. The minimum absolute atomic E-state index is 0.313. The van der Waals surface area contributed by atoms with E-state index >= 15 is 0 Å². The van der Waals surface area contributed by atoms with Crippen LogP contribution < -0.4 is 4.90 Å². The lowest BCUT2D eigenvalue weighted by molar-refractivity contribution is 0.251. The summed E-state index contributed by atoms with van der Waals surface area (Å²) in [5.41, 5.74) is 5.05. The first kappa shape index (κ1) is 25.5. The lowest BCUT2D eigenvalue weighted by Gasteiger charge is -2.36. The first-order valence-corrected chi connectivity index (χ1v) is 14.2. The van der Waals surface area contributed by atoms with Gasteiger partial charge in [0.2, 0.25) is 0 Å². The van der Waals surface area contributed by atoms with Gasteiger partial charge in [-0.2, -0.15) is 0 Å². The Morgan fingerprint density at radius 2 is 1.38 bits per heavy atom. The first-order chi connectivity index (χ1) is 19.1. The molecule has 6 rings (SSSR count). The van der Waals surface area contributed by atoms with Gasteiger partial charge in [0.15, 0.2) is 5.88 Å². The number of hydrogen-bond donors (Lipinski definition) is 1. The minimum Gasteiger partial charge on any atom is -0.494 e. The lowest BCUT2D eigenvalue weighted by Crippen LogP contribution is -2.46. The van der Waals surface area contributed by atoms with E-state index in [9.17, 15) is 5.11 Å². The number of piperazine rings is 1. The van der Waals surface area contributed by atoms with Crippen molar-refractivity contribution in [2.75, 3.05) is 37.6 Å². The molecule has 2 heterocycles. The van der Waals surface area contributed by atoms with Crippen LogP contribution in [0.2, 0.25) is 5.02 Å². The summed E-state index contributed by atoms with van der Waals surface area (Å²) in [7, 11) is 0. The van der Waals surface area contributed by atoms with Crippen molar-refractivity contribution in [1.82, 2.24) is 9.47 Å². The molecule has 5 heteroatoms. The van der Waals surface area contributed by atoms with Gasteiger partial charge in [0.25, 0.3) is 0 Å². The number of aromatic hydroxyl groups is 1. The third kappa shape index (κ3) is 5.83. The van der Waals surface area contributed by atoms with Gasteiger partial charge in [0, 0.05) is 59.8 Å². The van der Waals surface area contributed by atoms with Gasteiger partial charge in [0.05, 0.1) is 6.54 Å². The van der Waals surface area contributed by atoms with Gasteiger partial charge >= 0.3 is 0 Å². The SMILES string of the molecule is Oc1c2cc(N3CCN(CCC(c4ccccc4)c4ccccc4)CC3)ccc2cn1Cc1ccc(Cl)cc1. The average Bonchev–Trinajstić information content (AvgIpc) is 3.30. The summed E-state index contributed by atoms with van der Waals surface area (Å²) in [5.74, 6) is 0.723. The first-order valence-electron chi connectivity index (χ1n) is 13.8. The number of anilines is 1. The molecule has 0 spiro atoms. The van der Waals surface area contributed by atoms with Crippen molar-refractivity contribution in [2.24, 2.45) is 0 Å². The standard InChI is InChI=1S/C34H34ClN3O/c35-30-14-11-26(12-15-30)24-38-25-29-13-16-31(23-33(29)34(38)39)37-21-19-36(20-22-37)18-17-32(27-7-3-1-4-8-27)28-9-5-2-6-10-28/h1-16,23,25,32,39H,17-22,24H2. The molecule has 4 aromatic carbocycles. The van der Waals surface area contributed by atoms with E-state index in [0.29, 0.717) is 18.3 Å². The van der Waals surface area contributed by atoms with Crippen LogP contribution in [0.15, 0.2) is 109 Å². The van der Waals surface area contributed by atoms with Gasteiger partial charge in [-0.05, 0) is 53.9 Å². The Balaban J connectivity index is 1.10. The Bertz CT molecular complexity index is 1470. The maximum atomic E-state index is 11.0. The van der Waals surface area contributed by atoms with Crippen LogP contribution in [0.4, 0.5) is 5.69 Å². The molecule has 1 fully saturated rings. The van der Waals surface area contributed by atoms with Crippen molar-refractivity contribution in [2.45, 2.75) is 18.9 Å². The van der Waals surface area contributed by atoms with Crippen molar-refractivity contribution in [1.29, 1.82) is 0 Å². The third-order valence-electron chi connectivity index (χ3n) is 7.99. The van der Waals surface area contributed by atoms with E-state index in [1.807, 2.05) is 35.0 Å². The van der Waals surface area contributed by atoms with E-state index < -0.39 is 0 Å². The number of rotatable bonds is 8. The Hall–Kier alpha value is -3.73. The summed E-state index contributed by atoms with van der Waals surface area (Å²) < 4.78 is 1.91. The molecule has 1 aliphatic heterocycles. The number of aromatic nitrogens is 1. The van der Waals surface area contributed by atoms with Crippen LogP contribution in [-0.4, -0.2) is 47.3 Å². The molecule has 0 aliphatic carbocycles. The predicted molar refractivity (Wildman–Crippen MR) is 162 cm³/mol. The van der Waals surface area contributed by atoms with Gasteiger partial charge in [-0.15, -0.1) is 0 Å². The quantitative estimate of drug-likeness (QED) is 0.225. The fraction of sp³-hybridized carbons (Fsp3) is 0.235. The predicted octanol–water partition coefficient (Wildman–Crippen LogP) is 7.39. The second-order valence-corrected chi connectivity index (χ2v) is 10.9. The van der Waals surface area contributed by atoms with Gasteiger partial charge in [-0.3, -0.25) is 4.90 Å². The van der Waals surface area contributed by atoms with E-state index in [-0.39, 0.29) is 0 Å². The zero-order valence-electron chi connectivity index (χ0n) is 22.1. The maximum Gasteiger partial charge on any atom is 0.199 e. The van der Waals surface area contributed by atoms with Gasteiger partial charge in [-0.1, -0.05) is 90.5 Å². The van der Waals surface area contributed by atoms with Crippen molar-refractivity contribution < 1.29 is 5.11 Å². The van der Waals surface area contributed by atoms with Gasteiger partial charge < -0.3 is 14.6 Å². The smallest absolute Gasteiger partial charge is 0.199 e. The van der Waals surface area contributed by atoms with Crippen molar-refractivity contribution in [3.63, 3.8) is 0 Å². The zero-order valence-corrected chi connectivity index (χ0v) is 22.8. The molecule has 0 atom stereocenters. The summed E-state index contributed by atoms with van der Waals surface area (Å²) >= 11 is 6.03. The molecule has 4 nitrogen and oxygen atoms in total. The molecule has 5 aromatic rings. The van der Waals surface area contributed by atoms with Crippen LogP contribution in [-0.2, 0) is 6.54 Å². The number of fused-ring (bicyclic) bond motifs is 1. The highest BCUT2D eigenvalue weighted by atomic mass is 35.5. The van der Waals surface area contributed by atoms with Crippen LogP contribution in [0, 0.1) is 0 Å². The Kier molecular flexibility index (Phi) is 7.57. The van der Waals surface area contributed by atoms with E-state index in [4.69, 9.17) is 11.6 Å². The van der Waals surface area contributed by atoms with E-state index in [2.05, 4.69) is 88.7 Å². The largest absolute Gasteiger partial charge is 0.494 e. The minimum atomic E-state index is 0.313. The van der Waals surface area contributed by atoms with Crippen LogP contribution in [0.1, 0.15) is 29.0 Å². The summed E-state index contributed by atoms with van der Waals surface area (Å²) in [5, 5.41) is 13.7. The molecule has 1 aromatic heterocycles. The summed E-state index contributed by atoms with van der Waals surface area (Å²) in [6.45, 7) is 5.74. The average molecular weight is 536 g/mol. The van der Waals surface area contributed by atoms with Crippen LogP contribution >= 0.6 is 11.6 Å². The molecule has 0 saturated carbocycles. The molecule has 1 N–H and O–H groups in total. The number of hydrogen-bond acceptors (Lipinski definition) is 3. The van der Waals surface area contributed by atoms with Crippen LogP contribution in [0.25, 0.3) is 10.8 Å². The van der Waals surface area contributed by atoms with Gasteiger partial charge in [0.1, 0.15) is 0 Å². The molecule has 0 unspecified atom stereocenters. The second-order valence-electron chi connectivity index (χ2n) is 10.5. The molecule has 198 valence electrons. The third-order valence-corrected chi connectivity index (χ3v) is 8.24. The summed E-state index contributed by atoms with van der Waals surface area (Å²) in [6.07, 6.45) is 3.13. The van der Waals surface area contributed by atoms with E-state index in [0.717, 1.165) is 60.5 Å². The monoisotopic (exact) mass is 535 g/mol. The highest BCUT2D eigenvalue weighted by Crippen LogP contribution is 2.33. The Labute approximate surface area is 235 Å². The van der Waals surface area contributed by atoms with E-state index in [1.165, 1.54) is 16.8 Å². The fourth-order valence-corrected chi connectivity index (χ4v) is 5.90. The molecular weight excluding hydrogens is 502 g/mol. The normalized spacial score (nSPS) is 14.4. The molecular formula is C34H34ClN3O. The van der Waals surface area contributed by atoms with Gasteiger partial charge in [-0.25, -0.2) is 0 Å². The fourth-order valence-electron chi connectivity index (χ4n) is 5.78. The topological polar surface area (TPSA) is 31.6 Å². The van der Waals surface area contributed by atoms with Crippen molar-refractivity contribution in [3.05, 3.63) is 131 Å². The van der Waals surface area contributed by atoms with E-state index in [1.54, 1.807) is 0 Å². The number of nitrogens with zero attached hydrogens (tertiary/aromatic N) is 3. The molecule has 1 aliphatic rings. The van der Waals surface area contributed by atoms with Crippen LogP contribution in [0.5, 0.6) is 5.88 Å². The van der Waals surface area contributed by atoms with Crippen molar-refractivity contribution >= 4 is 28.1 Å². The zero-order chi connectivity index (χ0) is 26.6. The number of benzene rings is 4. The van der Waals surface area contributed by atoms with Crippen LogP contribution in [0.3, 0.4) is 0 Å². The number of halogens is 1. The molecule has 0 bridgehead atoms. The lowest BCUT2D eigenvalue weighted by atomic mass is 9.88. The highest BCUT2D eigenvalue weighted by molar-refractivity contribution is 6.30. The van der Waals surface area contributed by atoms with Crippen molar-refractivity contribution in [3.8, 4) is 5.88 Å². The molecule has 0 amide bonds. The molecule has 1 saturated heterocycles. The Morgan fingerprint density at radius 3 is 2.03 bits per heavy atom. The highest BCUT2D eigenvalue weighted by Gasteiger charge is 2.21. The molecule has 0 radical (unpaired) electrons. The summed E-state index contributed by atoms with van der Waals surface area (Å²) in [6, 6.07) is 36.0. The second kappa shape index (κ2) is 11.6. The Morgan fingerprint density at radius 1 is 0.744 bits per heavy atom. The maximum absolute atomic E-state index is 11.0.